The Labute approximate surface area is 180 Å². The minimum atomic E-state index is -0.377. The summed E-state index contributed by atoms with van der Waals surface area (Å²) in [5.41, 5.74) is 1.76. The molecule has 4 bridgehead atoms. The topological polar surface area (TPSA) is 53.9 Å². The lowest BCUT2D eigenvalue weighted by Crippen LogP contribution is -3.12. The van der Waals surface area contributed by atoms with Crippen molar-refractivity contribution < 1.29 is 14.5 Å². The summed E-state index contributed by atoms with van der Waals surface area (Å²) in [6.07, 6.45) is 7.35. The van der Waals surface area contributed by atoms with Crippen molar-refractivity contribution in [3.8, 4) is 0 Å². The Balaban J connectivity index is 1.42. The molecule has 1 atom stereocenters. The lowest BCUT2D eigenvalue weighted by molar-refractivity contribution is -0.883. The van der Waals surface area contributed by atoms with Crippen LogP contribution in [0.4, 0.5) is 0 Å². The number of likely N-dealkylation sites (N-methyl/N-ethyl adjacent to an activating group) is 1. The predicted octanol–water partition coefficient (Wildman–Crippen LogP) is 1.67. The van der Waals surface area contributed by atoms with Crippen LogP contribution < -0.4 is 10.2 Å². The molecule has 0 spiro atoms. The first-order chi connectivity index (χ1) is 14.4. The van der Waals surface area contributed by atoms with E-state index in [0.717, 1.165) is 68.8 Å². The average molecular weight is 411 g/mol. The van der Waals surface area contributed by atoms with E-state index in [0.29, 0.717) is 5.56 Å². The van der Waals surface area contributed by atoms with Gasteiger partial charge in [0, 0.05) is 11.0 Å². The third-order valence-corrected chi connectivity index (χ3v) is 8.46. The Hall–Kier alpha value is -1.88. The molecule has 6 rings (SSSR count). The van der Waals surface area contributed by atoms with Gasteiger partial charge < -0.3 is 15.1 Å². The summed E-state index contributed by atoms with van der Waals surface area (Å²) < 4.78 is 0. The van der Waals surface area contributed by atoms with Crippen LogP contribution in [0.1, 0.15) is 54.4 Å². The Bertz CT molecular complexity index is 775. The zero-order valence-electron chi connectivity index (χ0n) is 18.5. The first kappa shape index (κ1) is 20.0. The Kier molecular flexibility index (Phi) is 5.12. The van der Waals surface area contributed by atoms with Crippen LogP contribution >= 0.6 is 0 Å². The standard InChI is InChI=1S/C25H35N3O2/c1-17-3-5-21(6-4-17)23(29)26-22(24(30)28-9-7-27(2)8-10-28)25-14-18-11-19(15-25)13-20(12-18)16-25/h3-6,18-20,22H,7-16H2,1-2H3,(H,26,29)/p+1/t18?,19?,20?,22-,25?/m1/s1. The van der Waals surface area contributed by atoms with Crippen LogP contribution in [0.3, 0.4) is 0 Å². The van der Waals surface area contributed by atoms with E-state index in [4.69, 9.17) is 0 Å². The number of hydrogen-bond donors (Lipinski definition) is 2. The van der Waals surface area contributed by atoms with Crippen molar-refractivity contribution in [2.45, 2.75) is 51.5 Å². The highest BCUT2D eigenvalue weighted by Crippen LogP contribution is 2.61. The fourth-order valence-electron chi connectivity index (χ4n) is 7.22. The van der Waals surface area contributed by atoms with Gasteiger partial charge in [-0.1, -0.05) is 17.7 Å². The Morgan fingerprint density at radius 1 is 1.00 bits per heavy atom. The largest absolute Gasteiger partial charge is 0.340 e. The molecule has 1 aromatic rings. The van der Waals surface area contributed by atoms with Crippen LogP contribution in [0.25, 0.3) is 0 Å². The summed E-state index contributed by atoms with van der Waals surface area (Å²) in [6, 6.07) is 7.33. The Morgan fingerprint density at radius 3 is 2.07 bits per heavy atom. The minimum Gasteiger partial charge on any atom is -0.340 e. The molecule has 1 saturated heterocycles. The second kappa shape index (κ2) is 7.67. The maximum atomic E-state index is 13.8. The smallest absolute Gasteiger partial charge is 0.251 e. The molecule has 1 heterocycles. The second-order valence-electron chi connectivity index (χ2n) is 10.8. The van der Waals surface area contributed by atoms with Gasteiger partial charge >= 0.3 is 0 Å². The number of rotatable bonds is 4. The quantitative estimate of drug-likeness (QED) is 0.793. The van der Waals surface area contributed by atoms with Gasteiger partial charge in [-0.25, -0.2) is 0 Å². The number of piperazine rings is 1. The molecule has 5 nitrogen and oxygen atoms in total. The van der Waals surface area contributed by atoms with Gasteiger partial charge in [0.2, 0.25) is 5.91 Å². The monoisotopic (exact) mass is 410 g/mol. The van der Waals surface area contributed by atoms with Gasteiger partial charge in [-0.15, -0.1) is 0 Å². The number of nitrogens with one attached hydrogen (secondary N) is 2. The van der Waals surface area contributed by atoms with E-state index in [-0.39, 0.29) is 23.3 Å². The molecule has 30 heavy (non-hydrogen) atoms. The van der Waals surface area contributed by atoms with Crippen LogP contribution in [-0.2, 0) is 4.79 Å². The lowest BCUT2D eigenvalue weighted by atomic mass is 9.47. The zero-order valence-corrected chi connectivity index (χ0v) is 18.5. The average Bonchev–Trinajstić information content (AvgIpc) is 2.71. The fourth-order valence-corrected chi connectivity index (χ4v) is 7.22. The number of carbonyl (C=O) groups excluding carboxylic acids is 2. The normalized spacial score (nSPS) is 34.1. The van der Waals surface area contributed by atoms with Crippen LogP contribution in [0, 0.1) is 30.1 Å². The summed E-state index contributed by atoms with van der Waals surface area (Å²) >= 11 is 0. The van der Waals surface area contributed by atoms with Crippen molar-refractivity contribution in [1.29, 1.82) is 0 Å². The first-order valence-corrected chi connectivity index (χ1v) is 11.9. The van der Waals surface area contributed by atoms with E-state index in [1.165, 1.54) is 24.2 Å². The van der Waals surface area contributed by atoms with Gasteiger partial charge in [0.15, 0.2) is 0 Å². The van der Waals surface area contributed by atoms with Gasteiger partial charge in [-0.2, -0.15) is 0 Å². The SMILES string of the molecule is Cc1ccc(C(=O)N[C@H](C(=O)N2CC[NH+](C)CC2)C23CC4CC(CC(C4)C2)C3)cc1. The molecule has 0 unspecified atom stereocenters. The van der Waals surface area contributed by atoms with Crippen molar-refractivity contribution in [3.05, 3.63) is 35.4 Å². The van der Waals surface area contributed by atoms with Crippen molar-refractivity contribution in [3.63, 3.8) is 0 Å². The van der Waals surface area contributed by atoms with Gasteiger partial charge in [0.1, 0.15) is 6.04 Å². The molecule has 5 fully saturated rings. The van der Waals surface area contributed by atoms with Crippen molar-refractivity contribution in [2.24, 2.45) is 23.2 Å². The summed E-state index contributed by atoms with van der Waals surface area (Å²) in [6.45, 7) is 5.61. The molecule has 2 N–H and O–H groups in total. The van der Waals surface area contributed by atoms with Crippen molar-refractivity contribution >= 4 is 11.8 Å². The summed E-state index contributed by atoms with van der Waals surface area (Å²) in [5.74, 6) is 2.33. The molecule has 5 aliphatic rings. The summed E-state index contributed by atoms with van der Waals surface area (Å²) in [4.78, 5) is 30.6. The third-order valence-electron chi connectivity index (χ3n) is 8.46. The van der Waals surface area contributed by atoms with Gasteiger partial charge in [0.25, 0.3) is 5.91 Å². The van der Waals surface area contributed by atoms with E-state index < -0.39 is 0 Å². The van der Waals surface area contributed by atoms with E-state index in [1.54, 1.807) is 0 Å². The first-order valence-electron chi connectivity index (χ1n) is 11.9. The molecular weight excluding hydrogens is 374 g/mol. The van der Waals surface area contributed by atoms with E-state index >= 15 is 0 Å². The van der Waals surface area contributed by atoms with Crippen molar-refractivity contribution in [1.82, 2.24) is 10.2 Å². The molecule has 0 radical (unpaired) electrons. The maximum Gasteiger partial charge on any atom is 0.251 e. The van der Waals surface area contributed by atoms with Gasteiger partial charge in [0.05, 0.1) is 33.2 Å². The molecule has 0 aromatic heterocycles. The number of aryl methyl sites for hydroxylation is 1. The summed E-state index contributed by atoms with van der Waals surface area (Å²) in [7, 11) is 2.19. The Morgan fingerprint density at radius 2 is 1.53 bits per heavy atom. The highest BCUT2D eigenvalue weighted by molar-refractivity contribution is 5.98. The van der Waals surface area contributed by atoms with Crippen LogP contribution in [0.15, 0.2) is 24.3 Å². The maximum absolute atomic E-state index is 13.8. The predicted molar refractivity (Wildman–Crippen MR) is 116 cm³/mol. The number of benzene rings is 1. The molecule has 1 aliphatic heterocycles. The number of nitrogens with zero attached hydrogens (tertiary/aromatic N) is 1. The second-order valence-corrected chi connectivity index (χ2v) is 10.8. The van der Waals surface area contributed by atoms with E-state index in [1.807, 2.05) is 36.1 Å². The fraction of sp³-hybridized carbons (Fsp3) is 0.680. The van der Waals surface area contributed by atoms with Gasteiger partial charge in [-0.05, 0) is 75.3 Å². The molecule has 162 valence electrons. The molecule has 4 saturated carbocycles. The highest BCUT2D eigenvalue weighted by Gasteiger charge is 2.57. The van der Waals surface area contributed by atoms with Gasteiger partial charge in [-0.3, -0.25) is 9.59 Å². The van der Waals surface area contributed by atoms with E-state index in [9.17, 15) is 9.59 Å². The highest BCUT2D eigenvalue weighted by atomic mass is 16.2. The van der Waals surface area contributed by atoms with Crippen LogP contribution in [0.5, 0.6) is 0 Å². The minimum absolute atomic E-state index is 0.0393. The van der Waals surface area contributed by atoms with Crippen LogP contribution in [0.2, 0.25) is 0 Å². The number of carbonyl (C=O) groups is 2. The molecule has 5 heteroatoms. The van der Waals surface area contributed by atoms with Crippen LogP contribution in [-0.4, -0.2) is 56.0 Å². The summed E-state index contributed by atoms with van der Waals surface area (Å²) in [5, 5.41) is 3.28. The number of hydrogen-bond acceptors (Lipinski definition) is 2. The number of amides is 2. The molecular formula is C25H36N3O2+. The van der Waals surface area contributed by atoms with Crippen molar-refractivity contribution in [2.75, 3.05) is 33.2 Å². The molecule has 1 aromatic carbocycles. The number of quaternary nitrogens is 1. The molecule has 4 aliphatic carbocycles. The lowest BCUT2D eigenvalue weighted by Gasteiger charge is -2.59. The molecule has 2 amide bonds. The third kappa shape index (κ3) is 3.66. The van der Waals surface area contributed by atoms with E-state index in [2.05, 4.69) is 12.4 Å². The zero-order chi connectivity index (χ0) is 20.9.